The number of ether oxygens (including phenoxy) is 1. The van der Waals surface area contributed by atoms with E-state index in [4.69, 9.17) is 4.74 Å². The summed E-state index contributed by atoms with van der Waals surface area (Å²) >= 11 is 0. The predicted octanol–water partition coefficient (Wildman–Crippen LogP) is 4.58. The fourth-order valence-corrected chi connectivity index (χ4v) is 3.88. The zero-order chi connectivity index (χ0) is 24.1. The van der Waals surface area contributed by atoms with Gasteiger partial charge in [0, 0.05) is 11.8 Å². The molecule has 2 heterocycles. The first-order valence-electron chi connectivity index (χ1n) is 11.1. The van der Waals surface area contributed by atoms with Crippen molar-refractivity contribution in [2.75, 3.05) is 6.61 Å². The number of rotatable bonds is 7. The average molecular weight is 455 g/mol. The number of hydrogen-bond acceptors (Lipinski definition) is 5. The van der Waals surface area contributed by atoms with E-state index in [1.54, 1.807) is 36.9 Å². The van der Waals surface area contributed by atoms with Crippen molar-refractivity contribution in [2.45, 2.75) is 26.8 Å². The molecule has 1 amide bonds. The van der Waals surface area contributed by atoms with Crippen LogP contribution in [0.2, 0.25) is 0 Å². The third kappa shape index (κ3) is 4.73. The molecule has 4 aromatic rings. The molecular weight excluding hydrogens is 428 g/mol. The van der Waals surface area contributed by atoms with Crippen molar-refractivity contribution in [3.8, 4) is 5.69 Å². The quantitative estimate of drug-likeness (QED) is 0.413. The summed E-state index contributed by atoms with van der Waals surface area (Å²) in [5, 5.41) is 7.59. The van der Waals surface area contributed by atoms with Gasteiger partial charge >= 0.3 is 5.97 Å². The Morgan fingerprint density at radius 2 is 1.68 bits per heavy atom. The molecule has 2 aromatic heterocycles. The van der Waals surface area contributed by atoms with Crippen LogP contribution in [0.5, 0.6) is 0 Å². The van der Waals surface area contributed by atoms with Crippen LogP contribution in [0.4, 0.5) is 0 Å². The fourth-order valence-electron chi connectivity index (χ4n) is 3.88. The number of carbonyl (C=O) groups excluding carboxylic acids is 2. The molecule has 0 saturated heterocycles. The van der Waals surface area contributed by atoms with Gasteiger partial charge in [-0.3, -0.25) is 9.78 Å². The van der Waals surface area contributed by atoms with Gasteiger partial charge in [0.25, 0.3) is 5.91 Å². The fraction of sp³-hybridized carbons (Fsp3) is 0.185. The molecule has 0 aliphatic rings. The Morgan fingerprint density at radius 3 is 2.32 bits per heavy atom. The maximum atomic E-state index is 13.1. The summed E-state index contributed by atoms with van der Waals surface area (Å²) < 4.78 is 6.83. The maximum absolute atomic E-state index is 13.1. The van der Waals surface area contributed by atoms with E-state index >= 15 is 0 Å². The highest BCUT2D eigenvalue weighted by atomic mass is 16.5. The van der Waals surface area contributed by atoms with Gasteiger partial charge in [-0.2, -0.15) is 5.10 Å². The Kier molecular flexibility index (Phi) is 6.82. The third-order valence-electron chi connectivity index (χ3n) is 5.54. The predicted molar refractivity (Wildman–Crippen MR) is 129 cm³/mol. The van der Waals surface area contributed by atoms with Crippen molar-refractivity contribution in [3.63, 3.8) is 0 Å². The number of carbonyl (C=O) groups is 2. The van der Waals surface area contributed by atoms with Gasteiger partial charge in [0.15, 0.2) is 0 Å². The first-order chi connectivity index (χ1) is 16.5. The SMILES string of the molecule is CCOC(=O)c1c(C)nn(-c2ccc(C(=O)NC(c3ccccc3)c3ccccn3)cc2)c1C. The minimum atomic E-state index is -0.388. The third-order valence-corrected chi connectivity index (χ3v) is 5.54. The maximum Gasteiger partial charge on any atom is 0.341 e. The number of nitrogens with zero attached hydrogens (tertiary/aromatic N) is 3. The monoisotopic (exact) mass is 454 g/mol. The smallest absolute Gasteiger partial charge is 0.341 e. The lowest BCUT2D eigenvalue weighted by Gasteiger charge is -2.19. The molecule has 2 aromatic carbocycles. The molecule has 0 spiro atoms. The van der Waals surface area contributed by atoms with E-state index in [0.717, 1.165) is 16.9 Å². The number of aromatic nitrogens is 3. The van der Waals surface area contributed by atoms with Crippen LogP contribution >= 0.6 is 0 Å². The molecule has 0 saturated carbocycles. The van der Waals surface area contributed by atoms with E-state index in [1.165, 1.54) is 0 Å². The van der Waals surface area contributed by atoms with Crippen LogP contribution < -0.4 is 5.32 Å². The topological polar surface area (TPSA) is 86.1 Å². The highest BCUT2D eigenvalue weighted by molar-refractivity contribution is 5.95. The molecule has 0 bridgehead atoms. The van der Waals surface area contributed by atoms with Gasteiger partial charge in [-0.25, -0.2) is 9.48 Å². The molecule has 0 aliphatic heterocycles. The number of nitrogens with one attached hydrogen (secondary N) is 1. The molecule has 7 nitrogen and oxygen atoms in total. The van der Waals surface area contributed by atoms with Gasteiger partial charge in [-0.1, -0.05) is 36.4 Å². The molecule has 1 atom stereocenters. The second kappa shape index (κ2) is 10.1. The Bertz CT molecular complexity index is 1240. The number of amides is 1. The molecule has 4 rings (SSSR count). The number of esters is 1. The van der Waals surface area contributed by atoms with Crippen LogP contribution in [-0.2, 0) is 4.74 Å². The first-order valence-corrected chi connectivity index (χ1v) is 11.1. The van der Waals surface area contributed by atoms with Crippen LogP contribution in [-0.4, -0.2) is 33.2 Å². The lowest BCUT2D eigenvalue weighted by Crippen LogP contribution is -2.29. The Labute approximate surface area is 198 Å². The summed E-state index contributed by atoms with van der Waals surface area (Å²) in [4.78, 5) is 29.8. The zero-order valence-corrected chi connectivity index (χ0v) is 19.4. The summed E-state index contributed by atoms with van der Waals surface area (Å²) in [6.07, 6.45) is 1.71. The number of benzene rings is 2. The summed E-state index contributed by atoms with van der Waals surface area (Å²) in [6.45, 7) is 5.67. The van der Waals surface area contributed by atoms with E-state index in [2.05, 4.69) is 15.4 Å². The Morgan fingerprint density at radius 1 is 0.971 bits per heavy atom. The average Bonchev–Trinajstić information content (AvgIpc) is 3.17. The van der Waals surface area contributed by atoms with Crippen LogP contribution in [0.25, 0.3) is 5.69 Å². The summed E-state index contributed by atoms with van der Waals surface area (Å²) in [7, 11) is 0. The van der Waals surface area contributed by atoms with Crippen molar-refractivity contribution in [1.82, 2.24) is 20.1 Å². The molecule has 0 aliphatic carbocycles. The summed E-state index contributed by atoms with van der Waals surface area (Å²) in [5.41, 5.74) is 4.70. The second-order valence-electron chi connectivity index (χ2n) is 7.80. The molecule has 1 unspecified atom stereocenters. The summed E-state index contributed by atoms with van der Waals surface area (Å²) in [6, 6.07) is 22.1. The molecule has 7 heteroatoms. The largest absolute Gasteiger partial charge is 0.462 e. The number of aryl methyl sites for hydroxylation is 1. The van der Waals surface area contributed by atoms with Gasteiger partial charge in [0.1, 0.15) is 5.56 Å². The number of hydrogen-bond donors (Lipinski definition) is 1. The Hall–Kier alpha value is -4.26. The van der Waals surface area contributed by atoms with Crippen molar-refractivity contribution in [1.29, 1.82) is 0 Å². The van der Waals surface area contributed by atoms with E-state index < -0.39 is 0 Å². The van der Waals surface area contributed by atoms with E-state index in [1.807, 2.05) is 67.6 Å². The number of pyridine rings is 1. The van der Waals surface area contributed by atoms with Gasteiger partial charge in [0.05, 0.1) is 35.4 Å². The zero-order valence-electron chi connectivity index (χ0n) is 19.4. The standard InChI is InChI=1S/C27H26N4O3/c1-4-34-27(33)24-18(2)30-31(19(24)3)22-15-13-21(14-16-22)26(32)29-25(20-10-6-5-7-11-20)23-12-8-9-17-28-23/h5-17,25H,4H2,1-3H3,(H,29,32). The van der Waals surface area contributed by atoms with Gasteiger partial charge < -0.3 is 10.1 Å². The molecule has 0 fully saturated rings. The van der Waals surface area contributed by atoms with Crippen molar-refractivity contribution in [3.05, 3.63) is 113 Å². The van der Waals surface area contributed by atoms with Crippen molar-refractivity contribution >= 4 is 11.9 Å². The van der Waals surface area contributed by atoms with E-state index in [-0.39, 0.29) is 17.9 Å². The van der Waals surface area contributed by atoms with Gasteiger partial charge in [-0.05, 0) is 62.7 Å². The highest BCUT2D eigenvalue weighted by Gasteiger charge is 2.21. The molecular formula is C27H26N4O3. The normalized spacial score (nSPS) is 11.6. The molecule has 1 N–H and O–H groups in total. The van der Waals surface area contributed by atoms with E-state index in [0.29, 0.717) is 29.1 Å². The minimum Gasteiger partial charge on any atom is -0.462 e. The molecule has 172 valence electrons. The van der Waals surface area contributed by atoms with Crippen LogP contribution in [0.1, 0.15) is 56.3 Å². The van der Waals surface area contributed by atoms with Gasteiger partial charge in [0.2, 0.25) is 0 Å². The minimum absolute atomic E-state index is 0.216. The van der Waals surface area contributed by atoms with E-state index in [9.17, 15) is 9.59 Å². The van der Waals surface area contributed by atoms with Crippen molar-refractivity contribution in [2.24, 2.45) is 0 Å². The van der Waals surface area contributed by atoms with Crippen LogP contribution in [0.15, 0.2) is 79.0 Å². The molecule has 34 heavy (non-hydrogen) atoms. The lowest BCUT2D eigenvalue weighted by atomic mass is 10.0. The van der Waals surface area contributed by atoms with Crippen molar-refractivity contribution < 1.29 is 14.3 Å². The Balaban J connectivity index is 1.58. The lowest BCUT2D eigenvalue weighted by molar-refractivity contribution is 0.0524. The van der Waals surface area contributed by atoms with Crippen LogP contribution in [0, 0.1) is 13.8 Å². The van der Waals surface area contributed by atoms with Crippen LogP contribution in [0.3, 0.4) is 0 Å². The first kappa shape index (κ1) is 22.9. The summed E-state index contributed by atoms with van der Waals surface area (Å²) in [5.74, 6) is -0.604. The second-order valence-corrected chi connectivity index (χ2v) is 7.80. The highest BCUT2D eigenvalue weighted by Crippen LogP contribution is 2.22. The molecule has 0 radical (unpaired) electrons. The van der Waals surface area contributed by atoms with Gasteiger partial charge in [-0.15, -0.1) is 0 Å².